The standard InChI is InChI=1S/C13H25NO4/c1-8(2)10(11(15)17-7)9(3)14-12(16)18-13(4,5)6/h8-10H,1-7H3,(H,14,16)/t9-,10-/m1/s1. The molecule has 0 unspecified atom stereocenters. The van der Waals surface area contributed by atoms with E-state index in [4.69, 9.17) is 9.47 Å². The molecule has 5 heteroatoms. The third kappa shape index (κ3) is 5.89. The summed E-state index contributed by atoms with van der Waals surface area (Å²) < 4.78 is 9.90. The highest BCUT2D eigenvalue weighted by atomic mass is 16.6. The maximum absolute atomic E-state index is 11.6. The quantitative estimate of drug-likeness (QED) is 0.787. The van der Waals surface area contributed by atoms with E-state index in [-0.39, 0.29) is 23.8 Å². The van der Waals surface area contributed by atoms with E-state index < -0.39 is 11.7 Å². The van der Waals surface area contributed by atoms with Crippen LogP contribution in [0.4, 0.5) is 4.79 Å². The molecule has 0 rings (SSSR count). The minimum atomic E-state index is -0.553. The van der Waals surface area contributed by atoms with Crippen LogP contribution in [0.15, 0.2) is 0 Å². The van der Waals surface area contributed by atoms with Gasteiger partial charge in [0.25, 0.3) is 0 Å². The van der Waals surface area contributed by atoms with Gasteiger partial charge in [0, 0.05) is 6.04 Å². The Morgan fingerprint density at radius 3 is 1.94 bits per heavy atom. The normalized spacial score (nSPS) is 14.9. The van der Waals surface area contributed by atoms with Gasteiger partial charge in [0.2, 0.25) is 0 Å². The van der Waals surface area contributed by atoms with Gasteiger partial charge in [-0.05, 0) is 33.6 Å². The van der Waals surface area contributed by atoms with Crippen LogP contribution in [0.1, 0.15) is 41.5 Å². The molecule has 106 valence electrons. The van der Waals surface area contributed by atoms with E-state index in [2.05, 4.69) is 5.32 Å². The Kier molecular flexibility index (Phi) is 6.15. The van der Waals surface area contributed by atoms with Crippen LogP contribution in [-0.2, 0) is 14.3 Å². The van der Waals surface area contributed by atoms with E-state index in [9.17, 15) is 9.59 Å². The molecule has 0 bridgehead atoms. The van der Waals surface area contributed by atoms with Crippen LogP contribution >= 0.6 is 0 Å². The molecular formula is C13H25NO4. The topological polar surface area (TPSA) is 64.6 Å². The first-order chi connectivity index (χ1) is 8.08. The molecule has 0 aromatic rings. The Labute approximate surface area is 109 Å². The molecule has 18 heavy (non-hydrogen) atoms. The predicted molar refractivity (Wildman–Crippen MR) is 69.2 cm³/mol. The zero-order chi connectivity index (χ0) is 14.5. The fourth-order valence-corrected chi connectivity index (χ4v) is 1.77. The van der Waals surface area contributed by atoms with Gasteiger partial charge in [-0.2, -0.15) is 0 Å². The van der Waals surface area contributed by atoms with Crippen molar-refractivity contribution >= 4 is 12.1 Å². The molecule has 0 heterocycles. The van der Waals surface area contributed by atoms with Crippen molar-refractivity contribution in [1.29, 1.82) is 0 Å². The highest BCUT2D eigenvalue weighted by Crippen LogP contribution is 2.17. The van der Waals surface area contributed by atoms with Gasteiger partial charge < -0.3 is 14.8 Å². The van der Waals surface area contributed by atoms with Crippen molar-refractivity contribution in [1.82, 2.24) is 5.32 Å². The molecule has 0 aromatic heterocycles. The van der Waals surface area contributed by atoms with Gasteiger partial charge in [-0.15, -0.1) is 0 Å². The highest BCUT2D eigenvalue weighted by molar-refractivity contribution is 5.75. The smallest absolute Gasteiger partial charge is 0.407 e. The molecule has 0 radical (unpaired) electrons. The van der Waals surface area contributed by atoms with Crippen molar-refractivity contribution in [2.45, 2.75) is 53.2 Å². The summed E-state index contributed by atoms with van der Waals surface area (Å²) >= 11 is 0. The number of carbonyl (C=O) groups is 2. The lowest BCUT2D eigenvalue weighted by Gasteiger charge is -2.27. The molecule has 0 aliphatic heterocycles. The van der Waals surface area contributed by atoms with E-state index in [1.807, 2.05) is 13.8 Å². The van der Waals surface area contributed by atoms with Crippen molar-refractivity contribution in [2.75, 3.05) is 7.11 Å². The molecule has 1 amide bonds. The molecule has 1 N–H and O–H groups in total. The number of amides is 1. The molecule has 0 aliphatic carbocycles. The Hall–Kier alpha value is -1.26. The Balaban J connectivity index is 4.57. The molecule has 0 aromatic carbocycles. The number of nitrogens with one attached hydrogen (secondary N) is 1. The summed E-state index contributed by atoms with van der Waals surface area (Å²) in [5, 5.41) is 2.67. The first kappa shape index (κ1) is 16.7. The van der Waals surface area contributed by atoms with E-state index in [1.165, 1.54) is 7.11 Å². The lowest BCUT2D eigenvalue weighted by molar-refractivity contribution is -0.147. The number of hydrogen-bond donors (Lipinski definition) is 1. The maximum Gasteiger partial charge on any atom is 0.407 e. The lowest BCUT2D eigenvalue weighted by atomic mass is 9.89. The zero-order valence-electron chi connectivity index (χ0n) is 12.4. The Morgan fingerprint density at radius 1 is 1.11 bits per heavy atom. The van der Waals surface area contributed by atoms with E-state index in [0.29, 0.717) is 0 Å². The number of hydrogen-bond acceptors (Lipinski definition) is 4. The Morgan fingerprint density at radius 2 is 1.61 bits per heavy atom. The largest absolute Gasteiger partial charge is 0.469 e. The van der Waals surface area contributed by atoms with Crippen LogP contribution in [0, 0.1) is 11.8 Å². The number of ether oxygens (including phenoxy) is 2. The number of carbonyl (C=O) groups excluding carboxylic acids is 2. The van der Waals surface area contributed by atoms with Gasteiger partial charge in [0.05, 0.1) is 13.0 Å². The fourth-order valence-electron chi connectivity index (χ4n) is 1.77. The van der Waals surface area contributed by atoms with Gasteiger partial charge in [0.1, 0.15) is 5.60 Å². The Bertz CT molecular complexity index is 294. The van der Waals surface area contributed by atoms with Gasteiger partial charge in [0.15, 0.2) is 0 Å². The first-order valence-corrected chi connectivity index (χ1v) is 6.15. The molecule has 5 nitrogen and oxygen atoms in total. The molecule has 0 fully saturated rings. The van der Waals surface area contributed by atoms with Crippen LogP contribution < -0.4 is 5.32 Å². The van der Waals surface area contributed by atoms with Crippen LogP contribution in [0.2, 0.25) is 0 Å². The zero-order valence-corrected chi connectivity index (χ0v) is 12.4. The fraction of sp³-hybridized carbons (Fsp3) is 0.846. The lowest BCUT2D eigenvalue weighted by Crippen LogP contribution is -2.45. The number of methoxy groups -OCH3 is 1. The minimum absolute atomic E-state index is 0.0717. The third-order valence-electron chi connectivity index (χ3n) is 2.47. The molecule has 0 saturated carbocycles. The first-order valence-electron chi connectivity index (χ1n) is 6.15. The van der Waals surface area contributed by atoms with Gasteiger partial charge in [-0.25, -0.2) is 4.79 Å². The SMILES string of the molecule is COC(=O)[C@H](C(C)C)[C@@H](C)NC(=O)OC(C)(C)C. The second kappa shape index (κ2) is 6.61. The van der Waals surface area contributed by atoms with Crippen LogP contribution in [-0.4, -0.2) is 30.8 Å². The summed E-state index contributed by atoms with van der Waals surface area (Å²) in [6.07, 6.45) is -0.524. The van der Waals surface area contributed by atoms with Crippen molar-refractivity contribution in [2.24, 2.45) is 11.8 Å². The summed E-state index contributed by atoms with van der Waals surface area (Å²) in [6, 6.07) is -0.340. The molecule has 0 aliphatic rings. The van der Waals surface area contributed by atoms with Crippen molar-refractivity contribution in [3.05, 3.63) is 0 Å². The van der Waals surface area contributed by atoms with Gasteiger partial charge >= 0.3 is 12.1 Å². The van der Waals surface area contributed by atoms with E-state index in [1.54, 1.807) is 27.7 Å². The maximum atomic E-state index is 11.6. The average Bonchev–Trinajstić information content (AvgIpc) is 2.13. The summed E-state index contributed by atoms with van der Waals surface area (Å²) in [5.74, 6) is -0.640. The van der Waals surface area contributed by atoms with Crippen LogP contribution in [0.3, 0.4) is 0 Å². The summed E-state index contributed by atoms with van der Waals surface area (Å²) in [6.45, 7) is 11.0. The highest BCUT2D eigenvalue weighted by Gasteiger charge is 2.31. The van der Waals surface area contributed by atoms with Gasteiger partial charge in [-0.1, -0.05) is 13.8 Å². The summed E-state index contributed by atoms with van der Waals surface area (Å²) in [5.41, 5.74) is -0.553. The van der Waals surface area contributed by atoms with Crippen molar-refractivity contribution in [3.8, 4) is 0 Å². The van der Waals surface area contributed by atoms with Crippen molar-refractivity contribution in [3.63, 3.8) is 0 Å². The number of alkyl carbamates (subject to hydrolysis) is 1. The number of esters is 1. The van der Waals surface area contributed by atoms with Gasteiger partial charge in [-0.3, -0.25) is 4.79 Å². The van der Waals surface area contributed by atoms with E-state index in [0.717, 1.165) is 0 Å². The average molecular weight is 259 g/mol. The molecular weight excluding hydrogens is 234 g/mol. The van der Waals surface area contributed by atoms with Crippen molar-refractivity contribution < 1.29 is 19.1 Å². The monoisotopic (exact) mass is 259 g/mol. The van der Waals surface area contributed by atoms with E-state index >= 15 is 0 Å². The molecule has 2 atom stereocenters. The number of rotatable bonds is 4. The summed E-state index contributed by atoms with van der Waals surface area (Å²) in [4.78, 5) is 23.3. The summed E-state index contributed by atoms with van der Waals surface area (Å²) in [7, 11) is 1.35. The minimum Gasteiger partial charge on any atom is -0.469 e. The van der Waals surface area contributed by atoms with Crippen LogP contribution in [0.5, 0.6) is 0 Å². The molecule has 0 saturated heterocycles. The second-order valence-electron chi connectivity index (χ2n) is 5.73. The second-order valence-corrected chi connectivity index (χ2v) is 5.73. The predicted octanol–water partition coefficient (Wildman–Crippen LogP) is 2.34. The third-order valence-corrected chi connectivity index (χ3v) is 2.47. The van der Waals surface area contributed by atoms with Crippen LogP contribution in [0.25, 0.3) is 0 Å². The molecule has 0 spiro atoms.